The number of aliphatic hydroxyl groups is 2. The standard InChI is InChI=1S/C27H32F6N2O2/c28-26(29,30)25(27(31,32)33,19-7-3-1-5-17(19)15-9-11-23(36)21(34)13-15)20-8-4-2-6-18(20)16-10-12-24(37)22(35)14-16/h1-8,15-16,21-24,36-37H,9-14,34-35H2. The number of nitrogens with two attached hydrogens (primary N) is 2. The van der Waals surface area contributed by atoms with E-state index in [4.69, 9.17) is 11.5 Å². The summed E-state index contributed by atoms with van der Waals surface area (Å²) in [4.78, 5) is 0. The number of aliphatic hydroxyl groups excluding tert-OH is 2. The molecule has 4 rings (SSSR count). The zero-order valence-electron chi connectivity index (χ0n) is 20.1. The van der Waals surface area contributed by atoms with Crippen molar-refractivity contribution in [1.29, 1.82) is 0 Å². The SMILES string of the molecule is NC1CC(c2ccccc2C(c2ccccc2C2CCC(O)C(N)C2)(C(F)(F)F)C(F)(F)F)CCC1O. The largest absolute Gasteiger partial charge is 0.411 e. The van der Waals surface area contributed by atoms with Crippen LogP contribution in [0.5, 0.6) is 0 Å². The molecule has 204 valence electrons. The number of rotatable bonds is 4. The molecule has 0 aliphatic heterocycles. The van der Waals surface area contributed by atoms with Gasteiger partial charge in [-0.2, -0.15) is 26.3 Å². The van der Waals surface area contributed by atoms with Crippen LogP contribution in [-0.2, 0) is 5.41 Å². The van der Waals surface area contributed by atoms with Crippen molar-refractivity contribution in [3.63, 3.8) is 0 Å². The highest BCUT2D eigenvalue weighted by Gasteiger charge is 2.73. The summed E-state index contributed by atoms with van der Waals surface area (Å²) in [5.74, 6) is -1.35. The Morgan fingerprint density at radius 1 is 0.595 bits per heavy atom. The maximum Gasteiger partial charge on any atom is 0.411 e. The van der Waals surface area contributed by atoms with E-state index >= 15 is 26.3 Å². The lowest BCUT2D eigenvalue weighted by Crippen LogP contribution is -2.56. The molecule has 6 unspecified atom stereocenters. The summed E-state index contributed by atoms with van der Waals surface area (Å²) < 4.78 is 91.0. The van der Waals surface area contributed by atoms with Gasteiger partial charge < -0.3 is 21.7 Å². The lowest BCUT2D eigenvalue weighted by Gasteiger charge is -2.43. The molecule has 2 aromatic carbocycles. The van der Waals surface area contributed by atoms with Crippen LogP contribution in [0, 0.1) is 0 Å². The van der Waals surface area contributed by atoms with Gasteiger partial charge in [0.15, 0.2) is 0 Å². The number of alkyl halides is 6. The Balaban J connectivity index is 1.98. The molecule has 0 radical (unpaired) electrons. The summed E-state index contributed by atoms with van der Waals surface area (Å²) in [5.41, 5.74) is 5.78. The summed E-state index contributed by atoms with van der Waals surface area (Å²) in [6, 6.07) is 8.20. The molecule has 10 heteroatoms. The highest BCUT2D eigenvalue weighted by molar-refractivity contribution is 5.52. The van der Waals surface area contributed by atoms with Crippen LogP contribution in [0.1, 0.15) is 72.6 Å². The van der Waals surface area contributed by atoms with E-state index in [-0.39, 0.29) is 49.7 Å². The van der Waals surface area contributed by atoms with Crippen molar-refractivity contribution < 1.29 is 36.6 Å². The Kier molecular flexibility index (Phi) is 7.69. The van der Waals surface area contributed by atoms with E-state index in [1.165, 1.54) is 36.4 Å². The van der Waals surface area contributed by atoms with Crippen molar-refractivity contribution in [3.05, 3.63) is 70.8 Å². The van der Waals surface area contributed by atoms with Gasteiger partial charge in [-0.25, -0.2) is 0 Å². The molecule has 6 atom stereocenters. The van der Waals surface area contributed by atoms with Crippen molar-refractivity contribution in [1.82, 2.24) is 0 Å². The summed E-state index contributed by atoms with van der Waals surface area (Å²) in [7, 11) is 0. The first kappa shape index (κ1) is 27.9. The van der Waals surface area contributed by atoms with E-state index in [0.717, 1.165) is 12.1 Å². The van der Waals surface area contributed by atoms with Crippen LogP contribution >= 0.6 is 0 Å². The van der Waals surface area contributed by atoms with Gasteiger partial charge in [0.05, 0.1) is 12.2 Å². The number of benzene rings is 2. The molecule has 0 saturated heterocycles. The molecule has 0 spiro atoms. The molecule has 2 aromatic rings. The Hall–Kier alpha value is -2.14. The molecule has 0 heterocycles. The van der Waals surface area contributed by atoms with Crippen LogP contribution < -0.4 is 11.5 Å². The Bertz CT molecular complexity index is 1000. The molecule has 4 nitrogen and oxygen atoms in total. The molecule has 2 fully saturated rings. The molecule has 37 heavy (non-hydrogen) atoms. The Morgan fingerprint density at radius 2 is 0.946 bits per heavy atom. The lowest BCUT2D eigenvalue weighted by molar-refractivity contribution is -0.289. The zero-order valence-corrected chi connectivity index (χ0v) is 20.1. The van der Waals surface area contributed by atoms with Gasteiger partial charge >= 0.3 is 12.4 Å². The average molecular weight is 531 g/mol. The Labute approximate surface area is 211 Å². The lowest BCUT2D eigenvalue weighted by atomic mass is 9.65. The monoisotopic (exact) mass is 530 g/mol. The highest BCUT2D eigenvalue weighted by atomic mass is 19.4. The van der Waals surface area contributed by atoms with Crippen molar-refractivity contribution in [2.45, 2.75) is 92.4 Å². The second-order valence-electron chi connectivity index (χ2n) is 10.4. The van der Waals surface area contributed by atoms with Crippen LogP contribution in [0.4, 0.5) is 26.3 Å². The fourth-order valence-corrected chi connectivity index (χ4v) is 6.25. The molecular weight excluding hydrogens is 498 g/mol. The number of hydrogen-bond donors (Lipinski definition) is 4. The maximum atomic E-state index is 15.2. The van der Waals surface area contributed by atoms with E-state index in [0.29, 0.717) is 0 Å². The minimum absolute atomic E-state index is 0.0647. The predicted molar refractivity (Wildman–Crippen MR) is 127 cm³/mol. The van der Waals surface area contributed by atoms with Gasteiger partial charge in [0.2, 0.25) is 5.41 Å². The molecule has 2 saturated carbocycles. The summed E-state index contributed by atoms with van der Waals surface area (Å²) in [6.45, 7) is 0. The van der Waals surface area contributed by atoms with E-state index in [2.05, 4.69) is 0 Å². The van der Waals surface area contributed by atoms with Gasteiger partial charge in [0, 0.05) is 12.1 Å². The van der Waals surface area contributed by atoms with Gasteiger partial charge in [0.25, 0.3) is 0 Å². The number of hydrogen-bond acceptors (Lipinski definition) is 4. The summed E-state index contributed by atoms with van der Waals surface area (Å²) in [5, 5.41) is 20.0. The second-order valence-corrected chi connectivity index (χ2v) is 10.4. The first-order valence-corrected chi connectivity index (χ1v) is 12.5. The third kappa shape index (κ3) is 4.89. The van der Waals surface area contributed by atoms with Crippen LogP contribution in [0.3, 0.4) is 0 Å². The van der Waals surface area contributed by atoms with Crippen molar-refractivity contribution >= 4 is 0 Å². The first-order chi connectivity index (χ1) is 17.3. The van der Waals surface area contributed by atoms with Crippen LogP contribution in [0.25, 0.3) is 0 Å². The van der Waals surface area contributed by atoms with E-state index in [1.54, 1.807) is 0 Å². The highest BCUT2D eigenvalue weighted by Crippen LogP contribution is 2.59. The third-order valence-corrected chi connectivity index (χ3v) is 8.18. The molecule has 0 bridgehead atoms. The van der Waals surface area contributed by atoms with E-state index in [9.17, 15) is 10.2 Å². The molecule has 6 N–H and O–H groups in total. The van der Waals surface area contributed by atoms with Crippen LogP contribution in [-0.4, -0.2) is 46.9 Å². The minimum atomic E-state index is -5.73. The fraction of sp³-hybridized carbons (Fsp3) is 0.556. The normalized spacial score (nSPS) is 29.8. The summed E-state index contributed by atoms with van der Waals surface area (Å²) >= 11 is 0. The average Bonchev–Trinajstić information content (AvgIpc) is 2.82. The molecule has 2 aliphatic carbocycles. The topological polar surface area (TPSA) is 92.5 Å². The van der Waals surface area contributed by atoms with Crippen molar-refractivity contribution in [2.24, 2.45) is 11.5 Å². The third-order valence-electron chi connectivity index (χ3n) is 8.18. The van der Waals surface area contributed by atoms with E-state index < -0.39 is 65.0 Å². The van der Waals surface area contributed by atoms with E-state index in [1.807, 2.05) is 0 Å². The van der Waals surface area contributed by atoms with Gasteiger partial charge in [-0.1, -0.05) is 48.5 Å². The summed E-state index contributed by atoms with van der Waals surface area (Å²) in [6.07, 6.45) is -12.2. The van der Waals surface area contributed by atoms with Crippen LogP contribution in [0.2, 0.25) is 0 Å². The zero-order chi connectivity index (χ0) is 27.2. The first-order valence-electron chi connectivity index (χ1n) is 12.5. The van der Waals surface area contributed by atoms with Gasteiger partial charge in [-0.3, -0.25) is 0 Å². The predicted octanol–water partition coefficient (Wildman–Crippen LogP) is 5.01. The second kappa shape index (κ2) is 10.2. The quantitative estimate of drug-likeness (QED) is 0.419. The Morgan fingerprint density at radius 3 is 1.27 bits per heavy atom. The van der Waals surface area contributed by atoms with Crippen molar-refractivity contribution in [2.75, 3.05) is 0 Å². The minimum Gasteiger partial charge on any atom is -0.392 e. The molecule has 0 aromatic heterocycles. The van der Waals surface area contributed by atoms with Gasteiger partial charge in [-0.05, 0) is 72.6 Å². The molecular formula is C27H32F6N2O2. The molecule has 0 amide bonds. The number of halogens is 6. The van der Waals surface area contributed by atoms with Crippen molar-refractivity contribution in [3.8, 4) is 0 Å². The smallest absolute Gasteiger partial charge is 0.392 e. The maximum absolute atomic E-state index is 15.2. The fourth-order valence-electron chi connectivity index (χ4n) is 6.25. The van der Waals surface area contributed by atoms with Gasteiger partial charge in [0.1, 0.15) is 0 Å². The van der Waals surface area contributed by atoms with Crippen LogP contribution in [0.15, 0.2) is 48.5 Å². The van der Waals surface area contributed by atoms with Gasteiger partial charge in [-0.15, -0.1) is 0 Å². The molecule has 2 aliphatic rings.